The summed E-state index contributed by atoms with van der Waals surface area (Å²) >= 11 is 0. The third kappa shape index (κ3) is 3.78. The van der Waals surface area contributed by atoms with Crippen LogP contribution in [0.5, 0.6) is 0 Å². The van der Waals surface area contributed by atoms with Crippen LogP contribution in [-0.2, 0) is 0 Å². The minimum Gasteiger partial charge on any atom is -0.345 e. The van der Waals surface area contributed by atoms with Crippen molar-refractivity contribution in [1.29, 1.82) is 0 Å². The maximum atomic E-state index is 12.4. The lowest BCUT2D eigenvalue weighted by atomic mass is 10.00. The zero-order valence-corrected chi connectivity index (χ0v) is 13.8. The summed E-state index contributed by atoms with van der Waals surface area (Å²) in [6, 6.07) is 5.33. The van der Waals surface area contributed by atoms with Gasteiger partial charge in [0.25, 0.3) is 5.91 Å². The first-order chi connectivity index (χ1) is 10.4. The number of nitrogens with one attached hydrogen (secondary N) is 1. The number of rotatable bonds is 2. The van der Waals surface area contributed by atoms with Gasteiger partial charge in [-0.1, -0.05) is 13.0 Å². The number of urea groups is 1. The predicted molar refractivity (Wildman–Crippen MR) is 88.2 cm³/mol. The van der Waals surface area contributed by atoms with Crippen LogP contribution in [0.15, 0.2) is 18.2 Å². The predicted octanol–water partition coefficient (Wildman–Crippen LogP) is 2.96. The topological polar surface area (TPSA) is 52.7 Å². The van der Waals surface area contributed by atoms with E-state index in [0.717, 1.165) is 31.5 Å². The number of hydrogen-bond acceptors (Lipinski definition) is 2. The molecule has 0 unspecified atom stereocenters. The van der Waals surface area contributed by atoms with Crippen LogP contribution in [0.1, 0.15) is 35.7 Å². The molecule has 2 rings (SSSR count). The second-order valence-electron chi connectivity index (χ2n) is 6.33. The summed E-state index contributed by atoms with van der Waals surface area (Å²) in [5, 5.41) is 2.95. The molecule has 120 valence electrons. The maximum Gasteiger partial charge on any atom is 0.321 e. The molecule has 3 amide bonds. The van der Waals surface area contributed by atoms with Crippen LogP contribution in [0.4, 0.5) is 10.5 Å². The molecule has 0 aliphatic carbocycles. The van der Waals surface area contributed by atoms with Crippen LogP contribution in [0.25, 0.3) is 0 Å². The molecule has 0 radical (unpaired) electrons. The van der Waals surface area contributed by atoms with Crippen molar-refractivity contribution in [3.8, 4) is 0 Å². The van der Waals surface area contributed by atoms with Gasteiger partial charge in [-0.25, -0.2) is 4.79 Å². The number of benzene rings is 1. The molecule has 5 nitrogen and oxygen atoms in total. The highest BCUT2D eigenvalue weighted by molar-refractivity contribution is 5.97. The van der Waals surface area contributed by atoms with E-state index in [9.17, 15) is 9.59 Å². The largest absolute Gasteiger partial charge is 0.345 e. The van der Waals surface area contributed by atoms with Crippen LogP contribution in [0.3, 0.4) is 0 Å². The molecule has 1 aliphatic heterocycles. The Morgan fingerprint density at radius 3 is 2.45 bits per heavy atom. The lowest BCUT2D eigenvalue weighted by Gasteiger charge is -2.30. The number of aryl methyl sites for hydroxylation is 1. The zero-order chi connectivity index (χ0) is 16.3. The average molecular weight is 303 g/mol. The first-order valence-corrected chi connectivity index (χ1v) is 7.76. The Kier molecular flexibility index (Phi) is 5.06. The Bertz CT molecular complexity index is 561. The highest BCUT2D eigenvalue weighted by atomic mass is 16.2. The smallest absolute Gasteiger partial charge is 0.321 e. The minimum absolute atomic E-state index is 0.0673. The quantitative estimate of drug-likeness (QED) is 0.913. The van der Waals surface area contributed by atoms with E-state index in [2.05, 4.69) is 12.2 Å². The summed E-state index contributed by atoms with van der Waals surface area (Å²) in [6.07, 6.45) is 2.09. The first kappa shape index (κ1) is 16.3. The van der Waals surface area contributed by atoms with Crippen molar-refractivity contribution in [2.24, 2.45) is 5.92 Å². The summed E-state index contributed by atoms with van der Waals surface area (Å²) in [5.41, 5.74) is 2.24. The van der Waals surface area contributed by atoms with Crippen molar-refractivity contribution in [1.82, 2.24) is 9.80 Å². The van der Waals surface area contributed by atoms with Crippen molar-refractivity contribution >= 4 is 17.6 Å². The van der Waals surface area contributed by atoms with E-state index < -0.39 is 0 Å². The molecule has 22 heavy (non-hydrogen) atoms. The van der Waals surface area contributed by atoms with E-state index in [0.29, 0.717) is 17.2 Å². The van der Waals surface area contributed by atoms with Crippen molar-refractivity contribution in [3.63, 3.8) is 0 Å². The Balaban J connectivity index is 2.10. The number of carbonyl (C=O) groups is 2. The molecule has 0 spiro atoms. The number of piperidine rings is 1. The summed E-state index contributed by atoms with van der Waals surface area (Å²) in [5.74, 6) is 0.620. The second-order valence-corrected chi connectivity index (χ2v) is 6.33. The van der Waals surface area contributed by atoms with Gasteiger partial charge in [0.05, 0.1) is 0 Å². The maximum absolute atomic E-state index is 12.4. The minimum atomic E-state index is -0.0792. The van der Waals surface area contributed by atoms with Crippen LogP contribution in [-0.4, -0.2) is 48.9 Å². The van der Waals surface area contributed by atoms with Gasteiger partial charge in [-0.15, -0.1) is 0 Å². The van der Waals surface area contributed by atoms with Gasteiger partial charge in [-0.3, -0.25) is 4.79 Å². The summed E-state index contributed by atoms with van der Waals surface area (Å²) in [7, 11) is 3.44. The van der Waals surface area contributed by atoms with E-state index in [1.165, 1.54) is 4.90 Å². The summed E-state index contributed by atoms with van der Waals surface area (Å²) in [6.45, 7) is 5.73. The van der Waals surface area contributed by atoms with E-state index in [4.69, 9.17) is 0 Å². The number of carbonyl (C=O) groups excluding carboxylic acids is 2. The van der Waals surface area contributed by atoms with Crippen LogP contribution < -0.4 is 5.32 Å². The molecule has 1 aromatic rings. The number of nitrogens with zero attached hydrogens (tertiary/aromatic N) is 2. The summed E-state index contributed by atoms with van der Waals surface area (Å²) in [4.78, 5) is 27.8. The van der Waals surface area contributed by atoms with Crippen LogP contribution in [0, 0.1) is 12.8 Å². The number of likely N-dealkylation sites (tertiary alicyclic amines) is 1. The Morgan fingerprint density at radius 2 is 1.86 bits per heavy atom. The molecule has 0 aromatic heterocycles. The monoisotopic (exact) mass is 303 g/mol. The molecule has 1 aliphatic rings. The van der Waals surface area contributed by atoms with Gasteiger partial charge >= 0.3 is 6.03 Å². The Labute approximate surface area is 132 Å². The Hall–Kier alpha value is -2.04. The normalized spacial score (nSPS) is 15.5. The lowest BCUT2D eigenvalue weighted by Crippen LogP contribution is -2.40. The van der Waals surface area contributed by atoms with Gasteiger partial charge in [0.15, 0.2) is 0 Å². The van der Waals surface area contributed by atoms with Crippen LogP contribution in [0.2, 0.25) is 0 Å². The molecular weight excluding hydrogens is 278 g/mol. The van der Waals surface area contributed by atoms with Gasteiger partial charge < -0.3 is 15.1 Å². The number of amides is 3. The third-order valence-electron chi connectivity index (χ3n) is 4.20. The SMILES string of the molecule is Cc1ccc(C(=O)N(C)C)cc1NC(=O)N1CCC(C)CC1. The fourth-order valence-corrected chi connectivity index (χ4v) is 2.55. The molecule has 1 saturated heterocycles. The van der Waals surface area contributed by atoms with Gasteiger partial charge in [-0.2, -0.15) is 0 Å². The molecule has 1 heterocycles. The summed E-state index contributed by atoms with van der Waals surface area (Å²) < 4.78 is 0. The molecule has 1 aromatic carbocycles. The van der Waals surface area contributed by atoms with Gasteiger partial charge in [0.2, 0.25) is 0 Å². The van der Waals surface area contributed by atoms with Crippen LogP contribution >= 0.6 is 0 Å². The first-order valence-electron chi connectivity index (χ1n) is 7.76. The fourth-order valence-electron chi connectivity index (χ4n) is 2.55. The highest BCUT2D eigenvalue weighted by Crippen LogP contribution is 2.20. The molecule has 1 fully saturated rings. The fraction of sp³-hybridized carbons (Fsp3) is 0.529. The zero-order valence-electron chi connectivity index (χ0n) is 13.8. The van der Waals surface area contributed by atoms with Crippen molar-refractivity contribution in [2.45, 2.75) is 26.7 Å². The molecule has 1 N–H and O–H groups in total. The third-order valence-corrected chi connectivity index (χ3v) is 4.20. The molecule has 0 atom stereocenters. The second kappa shape index (κ2) is 6.81. The van der Waals surface area contributed by atoms with E-state index in [-0.39, 0.29) is 11.9 Å². The number of anilines is 1. The van der Waals surface area contributed by atoms with E-state index in [1.54, 1.807) is 26.2 Å². The van der Waals surface area contributed by atoms with Gasteiger partial charge in [-0.05, 0) is 43.4 Å². The molecular formula is C17H25N3O2. The van der Waals surface area contributed by atoms with Crippen molar-refractivity contribution in [2.75, 3.05) is 32.5 Å². The van der Waals surface area contributed by atoms with Gasteiger partial charge in [0, 0.05) is 38.4 Å². The van der Waals surface area contributed by atoms with E-state index >= 15 is 0 Å². The average Bonchev–Trinajstić information content (AvgIpc) is 2.49. The Morgan fingerprint density at radius 1 is 1.23 bits per heavy atom. The lowest BCUT2D eigenvalue weighted by molar-refractivity contribution is 0.0827. The highest BCUT2D eigenvalue weighted by Gasteiger charge is 2.21. The molecule has 5 heteroatoms. The van der Waals surface area contributed by atoms with Crippen molar-refractivity contribution < 1.29 is 9.59 Å². The molecule has 0 bridgehead atoms. The molecule has 0 saturated carbocycles. The standard InChI is InChI=1S/C17H25N3O2/c1-12-7-9-20(10-8-12)17(22)18-15-11-14(6-5-13(15)2)16(21)19(3)4/h5-6,11-12H,7-10H2,1-4H3,(H,18,22). The van der Waals surface area contributed by atoms with E-state index in [1.807, 2.05) is 17.9 Å². The number of hydrogen-bond donors (Lipinski definition) is 1. The van der Waals surface area contributed by atoms with Gasteiger partial charge in [0.1, 0.15) is 0 Å². The van der Waals surface area contributed by atoms with Crippen molar-refractivity contribution in [3.05, 3.63) is 29.3 Å².